The van der Waals surface area contributed by atoms with E-state index in [2.05, 4.69) is 32.6 Å². The number of rotatable bonds is 6. The maximum Gasteiger partial charge on any atom is 0.408 e. The minimum atomic E-state index is -2.04. The van der Waals surface area contributed by atoms with Crippen molar-refractivity contribution in [3.8, 4) is 11.8 Å². The number of carboxylic acid groups (broad SMARTS) is 2. The van der Waals surface area contributed by atoms with Crippen molar-refractivity contribution >= 4 is 35.8 Å². The number of carbonyl (C=O) groups excluding carboxylic acids is 4. The highest BCUT2D eigenvalue weighted by atomic mass is 16.4. The van der Waals surface area contributed by atoms with Crippen LogP contribution in [0.3, 0.4) is 0 Å². The van der Waals surface area contributed by atoms with Crippen LogP contribution < -0.4 is 11.5 Å². The lowest BCUT2D eigenvalue weighted by Crippen LogP contribution is -2.64. The van der Waals surface area contributed by atoms with E-state index in [-0.39, 0.29) is 25.9 Å². The molecule has 4 aromatic carbocycles. The summed E-state index contributed by atoms with van der Waals surface area (Å²) in [4.78, 5) is 91.6. The number of fused-ring (bicyclic) bond motifs is 6. The Morgan fingerprint density at radius 3 is 1.38 bits per heavy atom. The molecule has 0 saturated carbocycles. The van der Waals surface area contributed by atoms with Crippen molar-refractivity contribution in [3.05, 3.63) is 142 Å². The van der Waals surface area contributed by atoms with E-state index in [9.17, 15) is 29.4 Å². The molecule has 14 heteroatoms. The maximum atomic E-state index is 16.4. The van der Waals surface area contributed by atoms with Crippen molar-refractivity contribution in [3.63, 3.8) is 0 Å². The summed E-state index contributed by atoms with van der Waals surface area (Å²) < 4.78 is 0. The molecule has 6 amide bonds. The van der Waals surface area contributed by atoms with Crippen molar-refractivity contribution in [2.75, 3.05) is 27.2 Å². The fourth-order valence-electron chi connectivity index (χ4n) is 11.7. The standard InChI is InChI=1S/C52H56N6O8/c1-47(2,3)36-15-12-16-37(40(36)48(4,5)6)52(56(8)46(65)66)35-23-19-32(20-24-35)50(39(42(54)60)26-30-58(50)44(52)62)28-27-49-31-17-21-34(22-18-31)51(55(7)45(63)64,33-13-10-9-11-14-33)43(61)57(49)29-25-38(49)41(53)59/h9-24,38-39H,25-26,29-30H2,1-8H3,(H2,53,59)(H2,54,60)(H,63,64)(H,65,66)/t38?,39?,49?,50-,51?,52+/m1/s1. The van der Waals surface area contributed by atoms with Crippen molar-refractivity contribution in [1.29, 1.82) is 0 Å². The first kappa shape index (κ1) is 45.4. The fraction of sp³-hybridized carbons (Fsp3) is 0.385. The molecule has 342 valence electrons. The summed E-state index contributed by atoms with van der Waals surface area (Å²) in [5.74, 6) is 1.54. The van der Waals surface area contributed by atoms with Gasteiger partial charge in [-0.05, 0) is 68.2 Å². The lowest BCUT2D eigenvalue weighted by Gasteiger charge is -2.50. The summed E-state index contributed by atoms with van der Waals surface area (Å²) in [7, 11) is 2.68. The Bertz CT molecular complexity index is 2770. The zero-order chi connectivity index (χ0) is 48.1. The van der Waals surface area contributed by atoms with Crippen LogP contribution >= 0.6 is 0 Å². The number of likely N-dealkylation sites (N-methyl/N-ethyl adjacent to an activating group) is 2. The molecule has 14 nitrogen and oxygen atoms in total. The second kappa shape index (κ2) is 15.2. The molecule has 4 unspecified atom stereocenters. The smallest absolute Gasteiger partial charge is 0.408 e. The van der Waals surface area contributed by atoms with Gasteiger partial charge in [0.05, 0.1) is 11.8 Å². The summed E-state index contributed by atoms with van der Waals surface area (Å²) in [6.45, 7) is 12.1. The molecule has 2 fully saturated rings. The Labute approximate surface area is 384 Å². The molecular formula is C52H56N6O8. The van der Waals surface area contributed by atoms with E-state index in [1.165, 1.54) is 23.9 Å². The number of hydrogen-bond donors (Lipinski definition) is 4. The Morgan fingerprint density at radius 2 is 0.970 bits per heavy atom. The normalized spacial score (nSPS) is 26.5. The molecule has 0 radical (unpaired) electrons. The molecule has 6 heterocycles. The quantitative estimate of drug-likeness (QED) is 0.174. The Hall–Kier alpha value is -7.14. The van der Waals surface area contributed by atoms with Crippen molar-refractivity contribution < 1.29 is 39.0 Å². The summed E-state index contributed by atoms with van der Waals surface area (Å²) in [6, 6.07) is 27.7. The molecule has 6 atom stereocenters. The second-order valence-corrected chi connectivity index (χ2v) is 20.0. The first-order valence-corrected chi connectivity index (χ1v) is 22.1. The van der Waals surface area contributed by atoms with Crippen LogP contribution in [0.25, 0.3) is 0 Å². The van der Waals surface area contributed by atoms with Gasteiger partial charge in [-0.2, -0.15) is 0 Å². The average molecular weight is 893 g/mol. The van der Waals surface area contributed by atoms with Crippen LogP contribution in [0.15, 0.2) is 97.1 Å². The van der Waals surface area contributed by atoms with Crippen LogP contribution in [0, 0.1) is 23.7 Å². The van der Waals surface area contributed by atoms with Crippen LogP contribution in [0.1, 0.15) is 98.9 Å². The topological polar surface area (TPSA) is 208 Å². The number of amides is 6. The van der Waals surface area contributed by atoms with Crippen LogP contribution in [-0.4, -0.2) is 92.8 Å². The van der Waals surface area contributed by atoms with Crippen molar-refractivity contribution in [2.24, 2.45) is 23.3 Å². The minimum absolute atomic E-state index is 0.0431. The SMILES string of the molecule is CN(C(=O)O)C1(c2ccccc2)C(=O)N2CCC(C(N)=O)C2(C#C[C@]23c4ccc(cc4)[C@@](c4cccc(C(C)(C)C)c4C(C)(C)C)(N(C)C(=O)O)C(=O)N2CCC3C(N)=O)c2ccc1cc2. The van der Waals surface area contributed by atoms with E-state index in [1.54, 1.807) is 84.9 Å². The fourth-order valence-corrected chi connectivity index (χ4v) is 11.7. The molecule has 6 N–H and O–H groups in total. The molecule has 2 saturated heterocycles. The van der Waals surface area contributed by atoms with Gasteiger partial charge in [-0.1, -0.05) is 150 Å². The van der Waals surface area contributed by atoms with Gasteiger partial charge in [-0.25, -0.2) is 9.59 Å². The zero-order valence-corrected chi connectivity index (χ0v) is 38.5. The van der Waals surface area contributed by atoms with E-state index < -0.39 is 80.6 Å². The van der Waals surface area contributed by atoms with E-state index >= 15 is 9.59 Å². The molecule has 0 aromatic heterocycles. The van der Waals surface area contributed by atoms with E-state index in [0.717, 1.165) is 20.9 Å². The Balaban J connectivity index is 1.46. The highest BCUT2D eigenvalue weighted by molar-refractivity contribution is 5.99. The molecule has 6 aliphatic heterocycles. The summed E-state index contributed by atoms with van der Waals surface area (Å²) in [5, 5.41) is 21.7. The van der Waals surface area contributed by atoms with Crippen molar-refractivity contribution in [1.82, 2.24) is 19.6 Å². The second-order valence-electron chi connectivity index (χ2n) is 20.0. The van der Waals surface area contributed by atoms with Gasteiger partial charge in [0.2, 0.25) is 11.8 Å². The minimum Gasteiger partial charge on any atom is -0.465 e. The molecule has 0 spiro atoms. The third-order valence-corrected chi connectivity index (χ3v) is 14.7. The predicted molar refractivity (Wildman–Crippen MR) is 245 cm³/mol. The van der Waals surface area contributed by atoms with Crippen molar-refractivity contribution in [2.45, 2.75) is 87.4 Å². The third-order valence-electron chi connectivity index (χ3n) is 14.7. The van der Waals surface area contributed by atoms with Gasteiger partial charge >= 0.3 is 12.2 Å². The summed E-state index contributed by atoms with van der Waals surface area (Å²) >= 11 is 0. The first-order chi connectivity index (χ1) is 31.0. The number of nitrogens with two attached hydrogens (primary N) is 2. The first-order valence-electron chi connectivity index (χ1n) is 22.1. The predicted octanol–water partition coefficient (Wildman–Crippen LogP) is 5.78. The molecule has 4 bridgehead atoms. The molecular weight excluding hydrogens is 837 g/mol. The summed E-state index contributed by atoms with van der Waals surface area (Å²) in [6.07, 6.45) is -2.68. The molecule has 0 aliphatic carbocycles. The molecule has 10 rings (SSSR count). The zero-order valence-electron chi connectivity index (χ0n) is 38.5. The van der Waals surface area contributed by atoms with Gasteiger partial charge in [0.25, 0.3) is 11.8 Å². The van der Waals surface area contributed by atoms with Gasteiger partial charge in [-0.3, -0.25) is 29.0 Å². The molecule has 66 heavy (non-hydrogen) atoms. The highest BCUT2D eigenvalue weighted by Crippen LogP contribution is 2.55. The maximum absolute atomic E-state index is 16.4. The molecule has 4 aromatic rings. The average Bonchev–Trinajstić information content (AvgIpc) is 3.85. The largest absolute Gasteiger partial charge is 0.465 e. The highest BCUT2D eigenvalue weighted by Gasteiger charge is 2.65. The molecule has 6 aliphatic rings. The number of hydrogen-bond acceptors (Lipinski definition) is 6. The lowest BCUT2D eigenvalue weighted by atomic mass is 9.66. The van der Waals surface area contributed by atoms with Crippen LogP contribution in [0.2, 0.25) is 0 Å². The summed E-state index contributed by atoms with van der Waals surface area (Å²) in [5.41, 5.74) is 7.82. The van der Waals surface area contributed by atoms with E-state index in [1.807, 2.05) is 32.9 Å². The lowest BCUT2D eigenvalue weighted by molar-refractivity contribution is -0.147. The van der Waals surface area contributed by atoms with Crippen LogP contribution in [0.4, 0.5) is 9.59 Å². The number of carbonyl (C=O) groups is 6. The van der Waals surface area contributed by atoms with E-state index in [4.69, 9.17) is 11.5 Å². The van der Waals surface area contributed by atoms with Gasteiger partial charge < -0.3 is 31.5 Å². The van der Waals surface area contributed by atoms with Gasteiger partial charge in [0, 0.05) is 27.2 Å². The third kappa shape index (κ3) is 6.01. The van der Waals surface area contributed by atoms with E-state index in [0.29, 0.717) is 33.4 Å². The Kier molecular flexibility index (Phi) is 10.5. The number of nitrogens with zero attached hydrogens (tertiary/aromatic N) is 4. The van der Waals surface area contributed by atoms with Gasteiger partial charge in [0.15, 0.2) is 11.1 Å². The van der Waals surface area contributed by atoms with Gasteiger partial charge in [0.1, 0.15) is 11.1 Å². The van der Waals surface area contributed by atoms with Gasteiger partial charge in [-0.15, -0.1) is 0 Å². The monoisotopic (exact) mass is 892 g/mol. The number of primary amides is 2. The Morgan fingerprint density at radius 1 is 0.576 bits per heavy atom. The number of benzene rings is 4. The van der Waals surface area contributed by atoms with Crippen LogP contribution in [-0.2, 0) is 52.2 Å². The van der Waals surface area contributed by atoms with Crippen LogP contribution in [0.5, 0.6) is 0 Å².